The fourth-order valence-corrected chi connectivity index (χ4v) is 1.87. The van der Waals surface area contributed by atoms with Crippen LogP contribution in [0.2, 0.25) is 0 Å². The van der Waals surface area contributed by atoms with Crippen LogP contribution in [-0.2, 0) is 4.79 Å². The van der Waals surface area contributed by atoms with Gasteiger partial charge in [0.25, 0.3) is 5.91 Å². The van der Waals surface area contributed by atoms with E-state index in [2.05, 4.69) is 5.10 Å². The second-order valence-electron chi connectivity index (χ2n) is 4.23. The van der Waals surface area contributed by atoms with E-state index in [9.17, 15) is 4.79 Å². The van der Waals surface area contributed by atoms with E-state index in [0.717, 1.165) is 12.1 Å². The van der Waals surface area contributed by atoms with E-state index in [1.54, 1.807) is 0 Å². The molecule has 4 heteroatoms. The third-order valence-corrected chi connectivity index (χ3v) is 2.65. The van der Waals surface area contributed by atoms with Crippen LogP contribution in [0.25, 0.3) is 0 Å². The minimum atomic E-state index is -0.0989. The third kappa shape index (κ3) is 2.84. The van der Waals surface area contributed by atoms with Crippen molar-refractivity contribution in [2.24, 2.45) is 5.10 Å². The van der Waals surface area contributed by atoms with Crippen molar-refractivity contribution in [2.75, 3.05) is 6.61 Å². The third-order valence-electron chi connectivity index (χ3n) is 2.65. The van der Waals surface area contributed by atoms with Crippen molar-refractivity contribution in [3.05, 3.63) is 30.3 Å². The fraction of sp³-hybridized carbons (Fsp3) is 0.385. The molecule has 17 heavy (non-hydrogen) atoms. The molecule has 1 unspecified atom stereocenters. The molecule has 0 radical (unpaired) electrons. The van der Waals surface area contributed by atoms with Crippen LogP contribution < -0.4 is 4.74 Å². The van der Waals surface area contributed by atoms with Gasteiger partial charge in [0.1, 0.15) is 5.75 Å². The van der Waals surface area contributed by atoms with E-state index in [1.165, 1.54) is 5.01 Å². The summed E-state index contributed by atoms with van der Waals surface area (Å²) in [5.41, 5.74) is 0.991. The first-order valence-electron chi connectivity index (χ1n) is 5.71. The topological polar surface area (TPSA) is 41.9 Å². The Morgan fingerprint density at radius 3 is 2.76 bits per heavy atom. The standard InChI is InChI=1S/C13H16N2O2/c1-10-8-11(2)15(14-10)13(16)9-17-12-6-4-3-5-7-12/h3-7,11H,8-9H2,1-2H3. The number of ether oxygens (including phenoxy) is 1. The number of carbonyl (C=O) groups is 1. The minimum Gasteiger partial charge on any atom is -0.484 e. The van der Waals surface area contributed by atoms with Gasteiger partial charge < -0.3 is 4.74 Å². The number of hydrogen-bond acceptors (Lipinski definition) is 3. The summed E-state index contributed by atoms with van der Waals surface area (Å²) < 4.78 is 5.40. The molecule has 0 fully saturated rings. The normalized spacial score (nSPS) is 19.1. The van der Waals surface area contributed by atoms with Gasteiger partial charge in [-0.3, -0.25) is 4.79 Å². The molecule has 0 bridgehead atoms. The van der Waals surface area contributed by atoms with Crippen LogP contribution in [0.4, 0.5) is 0 Å². The second-order valence-corrected chi connectivity index (χ2v) is 4.23. The van der Waals surface area contributed by atoms with E-state index in [1.807, 2.05) is 44.2 Å². The van der Waals surface area contributed by atoms with Crippen LogP contribution in [0.15, 0.2) is 35.4 Å². The predicted octanol–water partition coefficient (Wildman–Crippen LogP) is 2.06. The Morgan fingerprint density at radius 1 is 1.47 bits per heavy atom. The Morgan fingerprint density at radius 2 is 2.18 bits per heavy atom. The van der Waals surface area contributed by atoms with Crippen LogP contribution in [-0.4, -0.2) is 29.3 Å². The second kappa shape index (κ2) is 4.99. The molecule has 1 aromatic rings. The lowest BCUT2D eigenvalue weighted by Crippen LogP contribution is -2.34. The van der Waals surface area contributed by atoms with Gasteiger partial charge in [-0.15, -0.1) is 0 Å². The first-order valence-corrected chi connectivity index (χ1v) is 5.71. The molecule has 1 atom stereocenters. The number of rotatable bonds is 3. The maximum Gasteiger partial charge on any atom is 0.280 e. The van der Waals surface area contributed by atoms with E-state index in [4.69, 9.17) is 4.74 Å². The van der Waals surface area contributed by atoms with Gasteiger partial charge in [-0.05, 0) is 26.0 Å². The van der Waals surface area contributed by atoms with E-state index < -0.39 is 0 Å². The van der Waals surface area contributed by atoms with Gasteiger partial charge in [0.15, 0.2) is 6.61 Å². The quantitative estimate of drug-likeness (QED) is 0.800. The molecule has 0 spiro atoms. The van der Waals surface area contributed by atoms with Crippen molar-refractivity contribution < 1.29 is 9.53 Å². The van der Waals surface area contributed by atoms with Gasteiger partial charge in [0.2, 0.25) is 0 Å². The summed E-state index contributed by atoms with van der Waals surface area (Å²) >= 11 is 0. The van der Waals surface area contributed by atoms with Crippen molar-refractivity contribution in [3.63, 3.8) is 0 Å². The monoisotopic (exact) mass is 232 g/mol. The Kier molecular flexibility index (Phi) is 3.42. The number of carbonyl (C=O) groups excluding carboxylic acids is 1. The number of para-hydroxylation sites is 1. The molecular formula is C13H16N2O2. The van der Waals surface area contributed by atoms with Crippen LogP contribution in [0.1, 0.15) is 20.3 Å². The zero-order valence-electron chi connectivity index (χ0n) is 10.1. The summed E-state index contributed by atoms with van der Waals surface area (Å²) in [7, 11) is 0. The number of benzene rings is 1. The number of nitrogens with zero attached hydrogens (tertiary/aromatic N) is 2. The van der Waals surface area contributed by atoms with Crippen molar-refractivity contribution in [2.45, 2.75) is 26.3 Å². The Balaban J connectivity index is 1.90. The lowest BCUT2D eigenvalue weighted by molar-refractivity contribution is -0.134. The molecule has 1 aromatic carbocycles. The van der Waals surface area contributed by atoms with Crippen molar-refractivity contribution in [3.8, 4) is 5.75 Å². The Bertz CT molecular complexity index is 428. The molecule has 2 rings (SSSR count). The summed E-state index contributed by atoms with van der Waals surface area (Å²) in [6.45, 7) is 3.95. The fourth-order valence-electron chi connectivity index (χ4n) is 1.87. The Hall–Kier alpha value is -1.84. The molecule has 1 amide bonds. The SMILES string of the molecule is CC1=NN(C(=O)COc2ccccc2)C(C)C1. The number of hydrogen-bond donors (Lipinski definition) is 0. The summed E-state index contributed by atoms with van der Waals surface area (Å²) in [4.78, 5) is 11.9. The highest BCUT2D eigenvalue weighted by Crippen LogP contribution is 2.15. The van der Waals surface area contributed by atoms with E-state index >= 15 is 0 Å². The van der Waals surface area contributed by atoms with Gasteiger partial charge in [0.05, 0.1) is 6.04 Å². The average molecular weight is 232 g/mol. The highest BCUT2D eigenvalue weighted by Gasteiger charge is 2.25. The van der Waals surface area contributed by atoms with Crippen molar-refractivity contribution in [1.82, 2.24) is 5.01 Å². The molecule has 0 aromatic heterocycles. The lowest BCUT2D eigenvalue weighted by atomic mass is 10.2. The zero-order chi connectivity index (χ0) is 12.3. The van der Waals surface area contributed by atoms with Gasteiger partial charge in [0, 0.05) is 12.1 Å². The van der Waals surface area contributed by atoms with Crippen LogP contribution in [0, 0.1) is 0 Å². The molecule has 0 aliphatic carbocycles. The molecule has 0 saturated carbocycles. The molecule has 1 aliphatic heterocycles. The summed E-state index contributed by atoms with van der Waals surface area (Å²) in [6, 6.07) is 9.46. The van der Waals surface area contributed by atoms with E-state index in [-0.39, 0.29) is 18.6 Å². The van der Waals surface area contributed by atoms with Gasteiger partial charge in [-0.1, -0.05) is 18.2 Å². The molecule has 1 heterocycles. The first-order chi connectivity index (χ1) is 8.16. The molecule has 0 saturated heterocycles. The number of hydrazone groups is 1. The van der Waals surface area contributed by atoms with E-state index in [0.29, 0.717) is 5.75 Å². The average Bonchev–Trinajstić information content (AvgIpc) is 2.67. The summed E-state index contributed by atoms with van der Waals surface area (Å²) in [5.74, 6) is 0.603. The lowest BCUT2D eigenvalue weighted by Gasteiger charge is -2.17. The summed E-state index contributed by atoms with van der Waals surface area (Å²) in [6.07, 6.45) is 0.844. The van der Waals surface area contributed by atoms with Crippen molar-refractivity contribution in [1.29, 1.82) is 0 Å². The first kappa shape index (κ1) is 11.6. The molecule has 0 N–H and O–H groups in total. The van der Waals surface area contributed by atoms with Gasteiger partial charge in [-0.25, -0.2) is 5.01 Å². The van der Waals surface area contributed by atoms with Crippen LogP contribution >= 0.6 is 0 Å². The minimum absolute atomic E-state index is 0.0329. The highest BCUT2D eigenvalue weighted by molar-refractivity contribution is 5.88. The van der Waals surface area contributed by atoms with Crippen LogP contribution in [0.5, 0.6) is 5.75 Å². The Labute approximate surface area is 101 Å². The molecular weight excluding hydrogens is 216 g/mol. The smallest absolute Gasteiger partial charge is 0.280 e. The molecule has 1 aliphatic rings. The van der Waals surface area contributed by atoms with Crippen LogP contribution in [0.3, 0.4) is 0 Å². The van der Waals surface area contributed by atoms with Gasteiger partial charge >= 0.3 is 0 Å². The number of amides is 1. The van der Waals surface area contributed by atoms with Crippen molar-refractivity contribution >= 4 is 11.6 Å². The predicted molar refractivity (Wildman–Crippen MR) is 66.0 cm³/mol. The van der Waals surface area contributed by atoms with Gasteiger partial charge in [-0.2, -0.15) is 5.10 Å². The summed E-state index contributed by atoms with van der Waals surface area (Å²) in [5, 5.41) is 5.71. The highest BCUT2D eigenvalue weighted by atomic mass is 16.5. The largest absolute Gasteiger partial charge is 0.484 e. The maximum absolute atomic E-state index is 11.9. The molecule has 90 valence electrons. The maximum atomic E-state index is 11.9. The zero-order valence-corrected chi connectivity index (χ0v) is 10.1. The molecule has 4 nitrogen and oxygen atoms in total.